The Hall–Kier alpha value is -3.04. The van der Waals surface area contributed by atoms with Gasteiger partial charge < -0.3 is 15.0 Å². The minimum atomic E-state index is -0.592. The maximum Gasteiger partial charge on any atom is 0.263 e. The molecule has 2 aromatic heterocycles. The Bertz CT molecular complexity index is 1330. The lowest BCUT2D eigenvalue weighted by atomic mass is 10.1. The monoisotopic (exact) mass is 529 g/mol. The highest BCUT2D eigenvalue weighted by Crippen LogP contribution is 2.25. The van der Waals surface area contributed by atoms with Crippen LogP contribution in [0.15, 0.2) is 35.3 Å². The molecular formula is C27H33ClFN5O3. The van der Waals surface area contributed by atoms with Crippen LogP contribution in [0.5, 0.6) is 5.75 Å². The molecule has 1 aromatic carbocycles. The van der Waals surface area contributed by atoms with Gasteiger partial charge in [0, 0.05) is 17.6 Å². The first-order valence-electron chi connectivity index (χ1n) is 12.6. The lowest BCUT2D eigenvalue weighted by Crippen LogP contribution is -2.43. The highest BCUT2D eigenvalue weighted by Gasteiger charge is 2.20. The van der Waals surface area contributed by atoms with E-state index in [4.69, 9.17) is 16.3 Å². The van der Waals surface area contributed by atoms with Gasteiger partial charge in [-0.2, -0.15) is 0 Å². The SMILES string of the molecule is CC(C)(C)NC(=O)Cn1c(-c2ccc(F)c(Cl)c2)nc2ncc(OCCCN3CCCCC3)cc2c1=O. The van der Waals surface area contributed by atoms with E-state index in [1.807, 2.05) is 20.8 Å². The highest BCUT2D eigenvalue weighted by molar-refractivity contribution is 6.31. The van der Waals surface area contributed by atoms with Crippen molar-refractivity contribution in [2.45, 2.75) is 58.5 Å². The molecule has 3 heterocycles. The van der Waals surface area contributed by atoms with E-state index in [-0.39, 0.29) is 34.3 Å². The number of carbonyl (C=O) groups excluding carboxylic acids is 1. The molecule has 0 saturated carbocycles. The number of pyridine rings is 1. The molecule has 1 aliphatic heterocycles. The van der Waals surface area contributed by atoms with E-state index in [9.17, 15) is 14.0 Å². The minimum absolute atomic E-state index is 0.112. The van der Waals surface area contributed by atoms with Gasteiger partial charge in [0.05, 0.1) is 23.2 Å². The first-order valence-corrected chi connectivity index (χ1v) is 13.0. The molecule has 0 aliphatic carbocycles. The molecule has 4 rings (SSSR count). The second-order valence-corrected chi connectivity index (χ2v) is 10.8. The fraction of sp³-hybridized carbons (Fsp3) is 0.481. The molecule has 1 amide bonds. The zero-order valence-corrected chi connectivity index (χ0v) is 22.3. The molecule has 198 valence electrons. The van der Waals surface area contributed by atoms with Crippen molar-refractivity contribution in [1.82, 2.24) is 24.8 Å². The minimum Gasteiger partial charge on any atom is -0.492 e. The average molecular weight is 530 g/mol. The summed E-state index contributed by atoms with van der Waals surface area (Å²) in [5.41, 5.74) is -0.334. The van der Waals surface area contributed by atoms with Crippen LogP contribution in [-0.2, 0) is 11.3 Å². The van der Waals surface area contributed by atoms with E-state index in [0.29, 0.717) is 17.9 Å². The molecule has 0 bridgehead atoms. The summed E-state index contributed by atoms with van der Waals surface area (Å²) in [6.07, 6.45) is 6.20. The highest BCUT2D eigenvalue weighted by atomic mass is 35.5. The van der Waals surface area contributed by atoms with E-state index >= 15 is 0 Å². The Morgan fingerprint density at radius 2 is 1.95 bits per heavy atom. The summed E-state index contributed by atoms with van der Waals surface area (Å²) in [5, 5.41) is 2.98. The molecule has 1 N–H and O–H groups in total. The quantitative estimate of drug-likeness (QED) is 0.434. The van der Waals surface area contributed by atoms with E-state index in [1.54, 1.807) is 6.07 Å². The van der Waals surface area contributed by atoms with E-state index < -0.39 is 16.9 Å². The van der Waals surface area contributed by atoms with Crippen LogP contribution in [0.2, 0.25) is 5.02 Å². The number of aromatic nitrogens is 3. The molecule has 0 unspecified atom stereocenters. The molecule has 0 spiro atoms. The van der Waals surface area contributed by atoms with Crippen molar-refractivity contribution < 1.29 is 13.9 Å². The summed E-state index contributed by atoms with van der Waals surface area (Å²) < 4.78 is 21.0. The molecule has 10 heteroatoms. The number of amides is 1. The third-order valence-electron chi connectivity index (χ3n) is 6.11. The predicted octanol–water partition coefficient (Wildman–Crippen LogP) is 4.42. The largest absolute Gasteiger partial charge is 0.492 e. The predicted molar refractivity (Wildman–Crippen MR) is 143 cm³/mol. The van der Waals surface area contributed by atoms with E-state index in [0.717, 1.165) is 26.1 Å². The van der Waals surface area contributed by atoms with Gasteiger partial charge in [-0.25, -0.2) is 14.4 Å². The third kappa shape index (κ3) is 7.05. The first-order chi connectivity index (χ1) is 17.6. The Labute approximate surface area is 220 Å². The molecule has 37 heavy (non-hydrogen) atoms. The van der Waals surface area contributed by atoms with Crippen LogP contribution in [0.25, 0.3) is 22.4 Å². The summed E-state index contributed by atoms with van der Waals surface area (Å²) in [6, 6.07) is 5.65. The number of piperidine rings is 1. The number of likely N-dealkylation sites (tertiary alicyclic amines) is 1. The number of halogens is 2. The van der Waals surface area contributed by atoms with Crippen LogP contribution in [0, 0.1) is 5.82 Å². The van der Waals surface area contributed by atoms with Gasteiger partial charge >= 0.3 is 0 Å². The lowest BCUT2D eigenvalue weighted by molar-refractivity contribution is -0.123. The second kappa shape index (κ2) is 11.6. The first kappa shape index (κ1) is 27.0. The molecular weight excluding hydrogens is 497 g/mol. The smallest absolute Gasteiger partial charge is 0.263 e. The number of hydrogen-bond acceptors (Lipinski definition) is 6. The van der Waals surface area contributed by atoms with Crippen molar-refractivity contribution in [2.24, 2.45) is 0 Å². The summed E-state index contributed by atoms with van der Waals surface area (Å²) in [7, 11) is 0. The molecule has 1 fully saturated rings. The van der Waals surface area contributed by atoms with Crippen molar-refractivity contribution >= 4 is 28.5 Å². The van der Waals surface area contributed by atoms with Gasteiger partial charge in [0.1, 0.15) is 23.9 Å². The van der Waals surface area contributed by atoms with Crippen LogP contribution >= 0.6 is 11.6 Å². The Morgan fingerprint density at radius 1 is 1.19 bits per heavy atom. The molecule has 1 saturated heterocycles. The number of nitrogens with one attached hydrogen (secondary N) is 1. The fourth-order valence-corrected chi connectivity index (χ4v) is 4.61. The van der Waals surface area contributed by atoms with Crippen molar-refractivity contribution in [3.63, 3.8) is 0 Å². The molecule has 0 radical (unpaired) electrons. The number of benzene rings is 1. The van der Waals surface area contributed by atoms with Crippen molar-refractivity contribution in [2.75, 3.05) is 26.2 Å². The Morgan fingerprint density at radius 3 is 2.65 bits per heavy atom. The van der Waals surface area contributed by atoms with Crippen LogP contribution in [0.4, 0.5) is 4.39 Å². The van der Waals surface area contributed by atoms with Gasteiger partial charge in [-0.3, -0.25) is 14.2 Å². The van der Waals surface area contributed by atoms with Crippen molar-refractivity contribution in [3.05, 3.63) is 51.7 Å². The summed E-state index contributed by atoms with van der Waals surface area (Å²) >= 11 is 5.99. The maximum absolute atomic E-state index is 13.8. The van der Waals surface area contributed by atoms with E-state index in [1.165, 1.54) is 48.2 Å². The second-order valence-electron chi connectivity index (χ2n) is 10.4. The third-order valence-corrected chi connectivity index (χ3v) is 6.40. The topological polar surface area (TPSA) is 89.3 Å². The van der Waals surface area contributed by atoms with Crippen molar-refractivity contribution in [1.29, 1.82) is 0 Å². The lowest BCUT2D eigenvalue weighted by Gasteiger charge is -2.26. The van der Waals surface area contributed by atoms with Crippen LogP contribution in [0.1, 0.15) is 46.5 Å². The van der Waals surface area contributed by atoms with Gasteiger partial charge in [0.15, 0.2) is 5.65 Å². The molecule has 3 aromatic rings. The molecule has 8 nitrogen and oxygen atoms in total. The average Bonchev–Trinajstić information content (AvgIpc) is 2.85. The summed E-state index contributed by atoms with van der Waals surface area (Å²) in [4.78, 5) is 37.7. The van der Waals surface area contributed by atoms with Gasteiger partial charge in [0.25, 0.3) is 5.56 Å². The zero-order valence-electron chi connectivity index (χ0n) is 21.5. The van der Waals surface area contributed by atoms with Crippen LogP contribution in [-0.4, -0.2) is 57.1 Å². The zero-order chi connectivity index (χ0) is 26.6. The van der Waals surface area contributed by atoms with Gasteiger partial charge in [-0.1, -0.05) is 18.0 Å². The molecule has 1 aliphatic rings. The number of nitrogens with zero attached hydrogens (tertiary/aromatic N) is 4. The number of hydrogen-bond donors (Lipinski definition) is 1. The standard InChI is InChI=1S/C27H33ClFN5O3/c1-27(2,3)32-23(35)17-34-25(18-8-9-22(29)21(28)14-18)31-24-20(26(34)36)15-19(16-30-24)37-13-7-12-33-10-5-4-6-11-33/h8-9,14-16H,4-7,10-13,17H2,1-3H3,(H,32,35). The number of fused-ring (bicyclic) bond motifs is 1. The van der Waals surface area contributed by atoms with Gasteiger partial charge in [0.2, 0.25) is 5.91 Å². The molecule has 0 atom stereocenters. The number of carbonyl (C=O) groups is 1. The summed E-state index contributed by atoms with van der Waals surface area (Å²) in [5.74, 6) is -0.312. The Balaban J connectivity index is 1.63. The number of ether oxygens (including phenoxy) is 1. The normalized spacial score (nSPS) is 14.6. The fourth-order valence-electron chi connectivity index (χ4n) is 4.43. The van der Waals surface area contributed by atoms with Gasteiger partial charge in [-0.15, -0.1) is 0 Å². The van der Waals surface area contributed by atoms with E-state index in [2.05, 4.69) is 20.2 Å². The maximum atomic E-state index is 13.8. The van der Waals surface area contributed by atoms with Crippen LogP contribution < -0.4 is 15.6 Å². The summed E-state index contributed by atoms with van der Waals surface area (Å²) in [6.45, 7) is 9.03. The van der Waals surface area contributed by atoms with Gasteiger partial charge in [-0.05, 0) is 77.4 Å². The van der Waals surface area contributed by atoms with Crippen LogP contribution in [0.3, 0.4) is 0 Å². The van der Waals surface area contributed by atoms with Crippen molar-refractivity contribution in [3.8, 4) is 17.1 Å². The Kier molecular flexibility index (Phi) is 8.44. The number of rotatable bonds is 8.